The average Bonchev–Trinajstić information content (AvgIpc) is 2.32. The first kappa shape index (κ1) is 11.9. The van der Waals surface area contributed by atoms with E-state index in [4.69, 9.17) is 4.74 Å². The lowest BCUT2D eigenvalue weighted by Gasteiger charge is -2.39. The fraction of sp³-hybridized carbons (Fsp3) is 0.538. The van der Waals surface area contributed by atoms with Gasteiger partial charge in [0.1, 0.15) is 0 Å². The molecule has 0 bridgehead atoms. The van der Waals surface area contributed by atoms with Crippen LogP contribution in [0.3, 0.4) is 0 Å². The van der Waals surface area contributed by atoms with Gasteiger partial charge in [-0.1, -0.05) is 15.9 Å². The molecule has 1 heterocycles. The Morgan fingerprint density at radius 3 is 2.25 bits per heavy atom. The molecule has 0 aromatic heterocycles. The van der Waals surface area contributed by atoms with Crippen LogP contribution in [0.15, 0.2) is 28.7 Å². The number of ether oxygens (including phenoxy) is 1. The molecule has 16 heavy (non-hydrogen) atoms. The smallest absolute Gasteiger partial charge is 0.0684 e. The zero-order valence-corrected chi connectivity index (χ0v) is 11.5. The lowest BCUT2D eigenvalue weighted by Crippen LogP contribution is -2.43. The Morgan fingerprint density at radius 1 is 1.19 bits per heavy atom. The lowest BCUT2D eigenvalue weighted by atomic mass is 9.93. The van der Waals surface area contributed by atoms with Crippen LogP contribution in [0.2, 0.25) is 0 Å². The zero-order chi connectivity index (χ0) is 11.6. The number of methoxy groups -OCH3 is 1. The van der Waals surface area contributed by atoms with Crippen molar-refractivity contribution >= 4 is 21.6 Å². The van der Waals surface area contributed by atoms with Gasteiger partial charge in [-0.3, -0.25) is 0 Å². The quantitative estimate of drug-likeness (QED) is 0.824. The molecule has 0 N–H and O–H groups in total. The molecule has 1 aromatic rings. The van der Waals surface area contributed by atoms with Crippen LogP contribution >= 0.6 is 15.9 Å². The topological polar surface area (TPSA) is 12.5 Å². The number of piperidine rings is 1. The summed E-state index contributed by atoms with van der Waals surface area (Å²) in [7, 11) is 1.81. The van der Waals surface area contributed by atoms with E-state index < -0.39 is 0 Å². The summed E-state index contributed by atoms with van der Waals surface area (Å²) in [5.41, 5.74) is 1.38. The van der Waals surface area contributed by atoms with Crippen LogP contribution in [0.25, 0.3) is 0 Å². The maximum atomic E-state index is 5.55. The van der Waals surface area contributed by atoms with Crippen LogP contribution in [-0.2, 0) is 4.74 Å². The minimum Gasteiger partial charge on any atom is -0.378 e. The second-order valence-electron chi connectivity index (χ2n) is 4.62. The van der Waals surface area contributed by atoms with E-state index in [1.165, 1.54) is 5.69 Å². The van der Waals surface area contributed by atoms with Crippen LogP contribution in [-0.4, -0.2) is 25.8 Å². The monoisotopic (exact) mass is 283 g/mol. The number of halogens is 1. The van der Waals surface area contributed by atoms with Gasteiger partial charge >= 0.3 is 0 Å². The van der Waals surface area contributed by atoms with Crippen molar-refractivity contribution in [2.24, 2.45) is 0 Å². The Morgan fingerprint density at radius 2 is 1.75 bits per heavy atom. The van der Waals surface area contributed by atoms with Crippen LogP contribution in [0.4, 0.5) is 5.69 Å². The summed E-state index contributed by atoms with van der Waals surface area (Å²) in [6.07, 6.45) is 2.19. The second kappa shape index (κ2) is 4.76. The van der Waals surface area contributed by atoms with E-state index in [1.807, 2.05) is 7.11 Å². The number of benzene rings is 1. The Labute approximate surface area is 106 Å². The van der Waals surface area contributed by atoms with Crippen LogP contribution in [0, 0.1) is 0 Å². The molecule has 1 aromatic carbocycles. The van der Waals surface area contributed by atoms with Crippen molar-refractivity contribution in [3.63, 3.8) is 0 Å². The Hall–Kier alpha value is -0.540. The molecule has 0 radical (unpaired) electrons. The van der Waals surface area contributed by atoms with Crippen molar-refractivity contribution in [3.05, 3.63) is 28.7 Å². The number of hydrogen-bond acceptors (Lipinski definition) is 2. The molecular formula is C13H18BrNO. The summed E-state index contributed by atoms with van der Waals surface area (Å²) >= 11 is 3.46. The first-order valence-electron chi connectivity index (χ1n) is 5.69. The molecule has 1 aliphatic heterocycles. The van der Waals surface area contributed by atoms with E-state index in [1.54, 1.807) is 0 Å². The molecule has 1 saturated heterocycles. The van der Waals surface area contributed by atoms with Gasteiger partial charge in [-0.05, 0) is 44.0 Å². The molecule has 3 heteroatoms. The van der Waals surface area contributed by atoms with Gasteiger partial charge in [-0.25, -0.2) is 0 Å². The van der Waals surface area contributed by atoms with Crippen LogP contribution in [0.1, 0.15) is 19.8 Å². The first-order chi connectivity index (χ1) is 7.63. The van der Waals surface area contributed by atoms with Gasteiger partial charge in [-0.15, -0.1) is 0 Å². The minimum absolute atomic E-state index is 0.0753. The van der Waals surface area contributed by atoms with Crippen LogP contribution < -0.4 is 4.90 Å². The average molecular weight is 284 g/mol. The van der Waals surface area contributed by atoms with E-state index in [-0.39, 0.29) is 5.60 Å². The summed E-state index contributed by atoms with van der Waals surface area (Å²) in [6.45, 7) is 4.35. The third-order valence-corrected chi connectivity index (χ3v) is 4.03. The third-order valence-electron chi connectivity index (χ3n) is 3.51. The van der Waals surface area contributed by atoms with Crippen molar-refractivity contribution in [1.29, 1.82) is 0 Å². The molecule has 0 unspecified atom stereocenters. The highest BCUT2D eigenvalue weighted by Gasteiger charge is 2.29. The second-order valence-corrected chi connectivity index (χ2v) is 5.53. The minimum atomic E-state index is 0.0753. The van der Waals surface area contributed by atoms with Gasteiger partial charge in [0.25, 0.3) is 0 Å². The maximum absolute atomic E-state index is 5.55. The molecule has 0 atom stereocenters. The number of hydrogen-bond donors (Lipinski definition) is 0. The number of anilines is 1. The Balaban J connectivity index is 2.01. The molecule has 88 valence electrons. The summed E-state index contributed by atoms with van der Waals surface area (Å²) in [5.74, 6) is 0. The van der Waals surface area contributed by atoms with Gasteiger partial charge in [0.15, 0.2) is 0 Å². The largest absolute Gasteiger partial charge is 0.378 e. The van der Waals surface area contributed by atoms with Gasteiger partial charge in [0, 0.05) is 30.4 Å². The summed E-state index contributed by atoms with van der Waals surface area (Å²) < 4.78 is 6.68. The van der Waals surface area contributed by atoms with Crippen molar-refractivity contribution in [3.8, 4) is 0 Å². The molecule has 1 aliphatic rings. The summed E-state index contributed by atoms with van der Waals surface area (Å²) in [5, 5.41) is 0. The molecular weight excluding hydrogens is 266 g/mol. The zero-order valence-electron chi connectivity index (χ0n) is 9.87. The first-order valence-corrected chi connectivity index (χ1v) is 6.48. The molecule has 0 amide bonds. The highest BCUT2D eigenvalue weighted by molar-refractivity contribution is 9.10. The predicted octanol–water partition coefficient (Wildman–Crippen LogP) is 3.45. The van der Waals surface area contributed by atoms with E-state index in [9.17, 15) is 0 Å². The third kappa shape index (κ3) is 2.58. The van der Waals surface area contributed by atoms with Gasteiger partial charge in [-0.2, -0.15) is 0 Å². The van der Waals surface area contributed by atoms with Gasteiger partial charge in [0.05, 0.1) is 5.60 Å². The van der Waals surface area contributed by atoms with Crippen molar-refractivity contribution in [2.75, 3.05) is 25.1 Å². The standard InChI is InChI=1S/C13H18BrNO/c1-13(16-2)7-9-15(10-8-13)12-5-3-11(14)4-6-12/h3-6H,7-10H2,1-2H3. The van der Waals surface area contributed by atoms with E-state index in [2.05, 4.69) is 52.0 Å². The summed E-state index contributed by atoms with van der Waals surface area (Å²) in [6, 6.07) is 8.53. The normalized spacial score (nSPS) is 19.8. The Kier molecular flexibility index (Phi) is 3.55. The highest BCUT2D eigenvalue weighted by Crippen LogP contribution is 2.28. The molecule has 2 rings (SSSR count). The fourth-order valence-corrected chi connectivity index (χ4v) is 2.36. The number of nitrogens with zero attached hydrogens (tertiary/aromatic N) is 1. The molecule has 2 nitrogen and oxygen atoms in total. The van der Waals surface area contributed by atoms with E-state index >= 15 is 0 Å². The maximum Gasteiger partial charge on any atom is 0.0684 e. The molecule has 0 spiro atoms. The Bertz CT molecular complexity index is 341. The van der Waals surface area contributed by atoms with Crippen molar-refractivity contribution in [2.45, 2.75) is 25.4 Å². The summed E-state index contributed by atoms with van der Waals surface area (Å²) in [4.78, 5) is 2.42. The van der Waals surface area contributed by atoms with E-state index in [0.29, 0.717) is 0 Å². The molecule has 0 saturated carbocycles. The molecule has 1 fully saturated rings. The molecule has 0 aliphatic carbocycles. The van der Waals surface area contributed by atoms with E-state index in [0.717, 1.165) is 30.4 Å². The van der Waals surface area contributed by atoms with Gasteiger partial charge < -0.3 is 9.64 Å². The highest BCUT2D eigenvalue weighted by atomic mass is 79.9. The van der Waals surface area contributed by atoms with Gasteiger partial charge in [0.2, 0.25) is 0 Å². The van der Waals surface area contributed by atoms with Crippen molar-refractivity contribution in [1.82, 2.24) is 0 Å². The predicted molar refractivity (Wildman–Crippen MR) is 71.0 cm³/mol. The fourth-order valence-electron chi connectivity index (χ4n) is 2.09. The SMILES string of the molecule is COC1(C)CCN(c2ccc(Br)cc2)CC1. The number of rotatable bonds is 2. The van der Waals surface area contributed by atoms with Crippen LogP contribution in [0.5, 0.6) is 0 Å². The van der Waals surface area contributed by atoms with Crippen molar-refractivity contribution < 1.29 is 4.74 Å². The lowest BCUT2D eigenvalue weighted by molar-refractivity contribution is -0.0132.